The third kappa shape index (κ3) is 5.81. The minimum absolute atomic E-state index is 0.870. The van der Waals surface area contributed by atoms with Crippen molar-refractivity contribution >= 4 is 60.8 Å². The van der Waals surface area contributed by atoms with Crippen LogP contribution in [0, 0.1) is 20.8 Å². The largest absolute Gasteiger partial charge is 0.455 e. The Bertz CT molecular complexity index is 3330. The van der Waals surface area contributed by atoms with Gasteiger partial charge >= 0.3 is 0 Å². The van der Waals surface area contributed by atoms with Crippen LogP contribution in [0.3, 0.4) is 0 Å². The summed E-state index contributed by atoms with van der Waals surface area (Å²) in [4.78, 5) is 2.48. The Morgan fingerprint density at radius 3 is 1.62 bits per heavy atom. The summed E-state index contributed by atoms with van der Waals surface area (Å²) in [6, 6.07) is 72.2. The van der Waals surface area contributed by atoms with E-state index < -0.39 is 0 Å². The molecule has 0 N–H and O–H groups in total. The molecule has 3 nitrogen and oxygen atoms in total. The second kappa shape index (κ2) is 14.3. The van der Waals surface area contributed by atoms with E-state index in [9.17, 15) is 0 Å². The van der Waals surface area contributed by atoms with E-state index in [1.54, 1.807) is 0 Å². The van der Waals surface area contributed by atoms with Gasteiger partial charge in [-0.15, -0.1) is 0 Å². The Hall–Kier alpha value is -7.62. The number of hydrogen-bond acceptors (Lipinski definition) is 2. The molecule has 0 unspecified atom stereocenters. The number of aryl methyl sites for hydroxylation is 3. The molecule has 9 aromatic carbocycles. The molecule has 0 atom stereocenters. The van der Waals surface area contributed by atoms with Crippen molar-refractivity contribution in [1.82, 2.24) is 4.57 Å². The SMILES string of the molecule is Cc1cc(-c2ccccc2)ccc1N(c1cc(-c2ccccc2-n2c3ccccc3c3ccccc32)c2oc3ccccc3c2c1)c1c(C)cc(-c2ccccc2)cc1C. The van der Waals surface area contributed by atoms with Gasteiger partial charge < -0.3 is 13.9 Å². The molecule has 0 saturated carbocycles. The maximum atomic E-state index is 6.90. The molecule has 0 radical (unpaired) electrons. The lowest BCUT2D eigenvalue weighted by atomic mass is 9.95. The number of fused-ring (bicyclic) bond motifs is 6. The molecule has 0 saturated heterocycles. The minimum Gasteiger partial charge on any atom is -0.455 e. The molecule has 60 heavy (non-hydrogen) atoms. The number of benzene rings is 9. The predicted octanol–water partition coefficient (Wildman–Crippen LogP) is 16.1. The number of hydrogen-bond donors (Lipinski definition) is 0. The normalized spacial score (nSPS) is 11.6. The summed E-state index contributed by atoms with van der Waals surface area (Å²) in [6.45, 7) is 6.74. The van der Waals surface area contributed by atoms with Crippen LogP contribution < -0.4 is 4.90 Å². The second-order valence-corrected chi connectivity index (χ2v) is 15.9. The van der Waals surface area contributed by atoms with E-state index in [0.717, 1.165) is 50.1 Å². The fraction of sp³-hybridized carbons (Fsp3) is 0.0526. The summed E-state index contributed by atoms with van der Waals surface area (Å²) in [5.41, 5.74) is 19.1. The predicted molar refractivity (Wildman–Crippen MR) is 253 cm³/mol. The highest BCUT2D eigenvalue weighted by Gasteiger charge is 2.25. The molecular weight excluding hydrogens is 729 g/mol. The molecule has 0 aliphatic carbocycles. The smallest absolute Gasteiger partial charge is 0.143 e. The van der Waals surface area contributed by atoms with E-state index in [-0.39, 0.29) is 0 Å². The second-order valence-electron chi connectivity index (χ2n) is 15.9. The van der Waals surface area contributed by atoms with E-state index in [2.05, 4.69) is 230 Å². The zero-order chi connectivity index (χ0) is 40.3. The van der Waals surface area contributed by atoms with Gasteiger partial charge in [-0.25, -0.2) is 0 Å². The van der Waals surface area contributed by atoms with Crippen LogP contribution in [-0.4, -0.2) is 4.57 Å². The highest BCUT2D eigenvalue weighted by atomic mass is 16.3. The summed E-state index contributed by atoms with van der Waals surface area (Å²) in [5.74, 6) is 0. The summed E-state index contributed by atoms with van der Waals surface area (Å²) < 4.78 is 9.32. The molecule has 0 fully saturated rings. The Morgan fingerprint density at radius 2 is 0.950 bits per heavy atom. The van der Waals surface area contributed by atoms with Gasteiger partial charge in [-0.2, -0.15) is 0 Å². The van der Waals surface area contributed by atoms with Gasteiger partial charge in [-0.1, -0.05) is 140 Å². The summed E-state index contributed by atoms with van der Waals surface area (Å²) >= 11 is 0. The fourth-order valence-corrected chi connectivity index (χ4v) is 9.43. The Balaban J connectivity index is 1.21. The maximum absolute atomic E-state index is 6.90. The van der Waals surface area contributed by atoms with Crippen molar-refractivity contribution in [2.45, 2.75) is 20.8 Å². The summed E-state index contributed by atoms with van der Waals surface area (Å²) in [7, 11) is 0. The quantitative estimate of drug-likeness (QED) is 0.161. The van der Waals surface area contributed by atoms with Gasteiger partial charge in [-0.3, -0.25) is 0 Å². The Kier molecular flexibility index (Phi) is 8.49. The van der Waals surface area contributed by atoms with E-state index in [4.69, 9.17) is 4.42 Å². The molecule has 2 heterocycles. The van der Waals surface area contributed by atoms with Gasteiger partial charge in [0.25, 0.3) is 0 Å². The number of aromatic nitrogens is 1. The van der Waals surface area contributed by atoms with Crippen molar-refractivity contribution in [3.63, 3.8) is 0 Å². The van der Waals surface area contributed by atoms with Crippen LogP contribution >= 0.6 is 0 Å². The average molecular weight is 771 g/mol. The van der Waals surface area contributed by atoms with Crippen LogP contribution in [0.15, 0.2) is 205 Å². The molecule has 2 aromatic heterocycles. The molecule has 11 aromatic rings. The van der Waals surface area contributed by atoms with Gasteiger partial charge in [-0.05, 0) is 120 Å². The third-order valence-corrected chi connectivity index (χ3v) is 12.1. The lowest BCUT2D eigenvalue weighted by Crippen LogP contribution is -2.14. The molecule has 0 aliphatic heterocycles. The van der Waals surface area contributed by atoms with Crippen molar-refractivity contribution in [3.8, 4) is 39.1 Å². The van der Waals surface area contributed by atoms with Gasteiger partial charge in [0.1, 0.15) is 11.2 Å². The van der Waals surface area contributed by atoms with Crippen LogP contribution in [-0.2, 0) is 0 Å². The topological polar surface area (TPSA) is 21.3 Å². The van der Waals surface area contributed by atoms with E-state index in [1.165, 1.54) is 66.4 Å². The molecule has 286 valence electrons. The average Bonchev–Trinajstić information content (AvgIpc) is 3.84. The molecule has 0 amide bonds. The molecular formula is C57H42N2O. The van der Waals surface area contributed by atoms with Crippen molar-refractivity contribution in [2.75, 3.05) is 4.90 Å². The van der Waals surface area contributed by atoms with Crippen molar-refractivity contribution in [2.24, 2.45) is 0 Å². The molecule has 0 spiro atoms. The van der Waals surface area contributed by atoms with Crippen LogP contribution in [0.5, 0.6) is 0 Å². The van der Waals surface area contributed by atoms with Crippen LogP contribution in [0.1, 0.15) is 16.7 Å². The van der Waals surface area contributed by atoms with Crippen molar-refractivity contribution in [1.29, 1.82) is 0 Å². The first-order chi connectivity index (χ1) is 29.5. The molecule has 0 aliphatic rings. The highest BCUT2D eigenvalue weighted by Crippen LogP contribution is 2.48. The summed E-state index contributed by atoms with van der Waals surface area (Å²) in [5, 5.41) is 4.64. The number of para-hydroxylation sites is 4. The lowest BCUT2D eigenvalue weighted by molar-refractivity contribution is 0.670. The number of furan rings is 1. The van der Waals surface area contributed by atoms with Gasteiger partial charge in [0.05, 0.1) is 22.4 Å². The molecule has 0 bridgehead atoms. The zero-order valence-electron chi connectivity index (χ0n) is 33.9. The molecule has 3 heteroatoms. The highest BCUT2D eigenvalue weighted by molar-refractivity contribution is 6.14. The summed E-state index contributed by atoms with van der Waals surface area (Å²) in [6.07, 6.45) is 0. The lowest BCUT2D eigenvalue weighted by Gasteiger charge is -2.31. The number of rotatable bonds is 7. The Labute approximate surface area is 350 Å². The van der Waals surface area contributed by atoms with Crippen molar-refractivity contribution in [3.05, 3.63) is 217 Å². The number of anilines is 3. The third-order valence-electron chi connectivity index (χ3n) is 12.1. The number of nitrogens with zero attached hydrogens (tertiary/aromatic N) is 2. The van der Waals surface area contributed by atoms with Gasteiger partial charge in [0, 0.05) is 44.0 Å². The van der Waals surface area contributed by atoms with Crippen LogP contribution in [0.2, 0.25) is 0 Å². The monoisotopic (exact) mass is 770 g/mol. The fourth-order valence-electron chi connectivity index (χ4n) is 9.43. The van der Waals surface area contributed by atoms with Crippen molar-refractivity contribution < 1.29 is 4.42 Å². The van der Waals surface area contributed by atoms with Gasteiger partial charge in [0.15, 0.2) is 0 Å². The Morgan fingerprint density at radius 1 is 0.400 bits per heavy atom. The van der Waals surface area contributed by atoms with E-state index in [1.807, 2.05) is 0 Å². The first-order valence-corrected chi connectivity index (χ1v) is 20.7. The van der Waals surface area contributed by atoms with E-state index >= 15 is 0 Å². The van der Waals surface area contributed by atoms with Gasteiger partial charge in [0.2, 0.25) is 0 Å². The first kappa shape index (κ1) is 35.5. The van der Waals surface area contributed by atoms with Crippen LogP contribution in [0.25, 0.3) is 82.8 Å². The maximum Gasteiger partial charge on any atom is 0.143 e. The minimum atomic E-state index is 0.870. The standard InChI is InChI=1S/C57H42N2O/c1-37-32-42(40-18-6-4-7-19-40)30-31-51(37)58(56-38(2)33-43(34-39(56)3)41-20-8-5-9-21-41)44-35-49(57-50(36-44)48-25-13-17-29-55(48)60-57)47-24-12-16-28-54(47)59-52-26-14-10-22-45(52)46-23-11-15-27-53(46)59/h4-36H,1-3H3. The van der Waals surface area contributed by atoms with E-state index in [0.29, 0.717) is 0 Å². The zero-order valence-corrected chi connectivity index (χ0v) is 33.9. The van der Waals surface area contributed by atoms with Crippen LogP contribution in [0.4, 0.5) is 17.1 Å². The molecule has 11 rings (SSSR count). The first-order valence-electron chi connectivity index (χ1n) is 20.7.